The Morgan fingerprint density at radius 2 is 1.65 bits per heavy atom. The van der Waals surface area contributed by atoms with Crippen molar-refractivity contribution < 1.29 is 19.1 Å². The van der Waals surface area contributed by atoms with E-state index in [0.29, 0.717) is 12.4 Å². The highest BCUT2D eigenvalue weighted by Crippen LogP contribution is 2.39. The third-order valence-corrected chi connectivity index (χ3v) is 5.56. The molecule has 2 amide bonds. The molecule has 0 aromatic carbocycles. The lowest BCUT2D eigenvalue weighted by atomic mass is 10.0. The molecule has 1 saturated heterocycles. The monoisotopic (exact) mass is 431 g/mol. The summed E-state index contributed by atoms with van der Waals surface area (Å²) in [6.45, 7) is 11.9. The van der Waals surface area contributed by atoms with Crippen LogP contribution in [0.2, 0.25) is 0 Å². The number of ether oxygens (including phenoxy) is 2. The molecule has 2 fully saturated rings. The molecule has 1 atom stereocenters. The van der Waals surface area contributed by atoms with Crippen LogP contribution in [-0.4, -0.2) is 45.9 Å². The summed E-state index contributed by atoms with van der Waals surface area (Å²) in [5.74, 6) is 0.601. The van der Waals surface area contributed by atoms with Crippen LogP contribution in [0, 0.1) is 0 Å². The van der Waals surface area contributed by atoms with E-state index in [1.54, 1.807) is 16.0 Å². The molecule has 172 valence electrons. The molecule has 7 nitrogen and oxygen atoms in total. The number of carbonyl (C=O) groups excluding carboxylic acids is 2. The quantitative estimate of drug-likeness (QED) is 0.601. The lowest BCUT2D eigenvalue weighted by molar-refractivity contribution is 0.0224. The van der Waals surface area contributed by atoms with Crippen LogP contribution in [0.1, 0.15) is 91.7 Å². The van der Waals surface area contributed by atoms with Crippen LogP contribution < -0.4 is 4.90 Å². The Hall–Kier alpha value is -2.31. The normalized spacial score (nSPS) is 20.1. The maximum absolute atomic E-state index is 13.3. The topological polar surface area (TPSA) is 72.0 Å². The van der Waals surface area contributed by atoms with Gasteiger partial charge in [0.2, 0.25) is 0 Å². The number of likely N-dealkylation sites (tertiary alicyclic amines) is 1. The molecule has 1 saturated carbocycles. The second-order valence-corrected chi connectivity index (χ2v) is 10.5. The van der Waals surface area contributed by atoms with Gasteiger partial charge in [0, 0.05) is 24.3 Å². The summed E-state index contributed by atoms with van der Waals surface area (Å²) in [4.78, 5) is 34.3. The van der Waals surface area contributed by atoms with Crippen molar-refractivity contribution >= 4 is 18.0 Å². The fraction of sp³-hybridized carbons (Fsp3) is 0.708. The maximum atomic E-state index is 13.3. The molecule has 1 aliphatic heterocycles. The van der Waals surface area contributed by atoms with Crippen LogP contribution in [0.4, 0.5) is 15.4 Å². The van der Waals surface area contributed by atoms with E-state index in [9.17, 15) is 9.59 Å². The summed E-state index contributed by atoms with van der Waals surface area (Å²) in [7, 11) is 0. The smallest absolute Gasteiger partial charge is 0.416 e. The second kappa shape index (κ2) is 9.05. The number of hydrogen-bond donors (Lipinski definition) is 0. The Morgan fingerprint density at radius 1 is 1.00 bits per heavy atom. The first-order chi connectivity index (χ1) is 14.5. The van der Waals surface area contributed by atoms with Crippen molar-refractivity contribution in [3.63, 3.8) is 0 Å². The van der Waals surface area contributed by atoms with E-state index in [1.807, 2.05) is 53.7 Å². The Bertz CT molecular complexity index is 791. The summed E-state index contributed by atoms with van der Waals surface area (Å²) in [5, 5.41) is 0. The van der Waals surface area contributed by atoms with Gasteiger partial charge >= 0.3 is 12.2 Å². The first-order valence-corrected chi connectivity index (χ1v) is 11.4. The van der Waals surface area contributed by atoms with Crippen LogP contribution in [-0.2, 0) is 9.47 Å². The van der Waals surface area contributed by atoms with Gasteiger partial charge in [-0.1, -0.05) is 18.9 Å². The summed E-state index contributed by atoms with van der Waals surface area (Å²) < 4.78 is 11.4. The number of rotatable bonds is 3. The van der Waals surface area contributed by atoms with Crippen LogP contribution in [0.3, 0.4) is 0 Å². The van der Waals surface area contributed by atoms with Crippen LogP contribution in [0.15, 0.2) is 18.3 Å². The number of aromatic nitrogens is 1. The van der Waals surface area contributed by atoms with Gasteiger partial charge < -0.3 is 14.4 Å². The molecule has 1 aromatic heterocycles. The van der Waals surface area contributed by atoms with Crippen molar-refractivity contribution in [3.05, 3.63) is 23.9 Å². The van der Waals surface area contributed by atoms with Gasteiger partial charge in [0.15, 0.2) is 0 Å². The highest BCUT2D eigenvalue weighted by atomic mass is 16.6. The van der Waals surface area contributed by atoms with E-state index in [0.717, 1.165) is 44.1 Å². The zero-order chi connectivity index (χ0) is 22.8. The lowest BCUT2D eigenvalue weighted by Gasteiger charge is -2.34. The molecular weight excluding hydrogens is 394 g/mol. The second-order valence-electron chi connectivity index (χ2n) is 10.5. The molecule has 2 heterocycles. The van der Waals surface area contributed by atoms with Gasteiger partial charge in [0.05, 0.1) is 6.04 Å². The van der Waals surface area contributed by atoms with Crippen molar-refractivity contribution in [2.24, 2.45) is 0 Å². The number of carbonyl (C=O) groups is 2. The highest BCUT2D eigenvalue weighted by molar-refractivity contribution is 5.88. The maximum Gasteiger partial charge on any atom is 0.416 e. The fourth-order valence-electron chi connectivity index (χ4n) is 4.38. The van der Waals surface area contributed by atoms with Gasteiger partial charge in [-0.25, -0.2) is 14.6 Å². The largest absolute Gasteiger partial charge is 0.444 e. The molecule has 0 radical (unpaired) electrons. The Labute approximate surface area is 186 Å². The van der Waals surface area contributed by atoms with Crippen molar-refractivity contribution in [2.75, 3.05) is 11.4 Å². The van der Waals surface area contributed by atoms with Gasteiger partial charge in [-0.05, 0) is 73.3 Å². The fourth-order valence-corrected chi connectivity index (χ4v) is 4.38. The van der Waals surface area contributed by atoms with Crippen LogP contribution in [0.5, 0.6) is 0 Å². The minimum absolute atomic E-state index is 0.0554. The summed E-state index contributed by atoms with van der Waals surface area (Å²) in [6, 6.07) is 3.72. The SMILES string of the molecule is CC(C)(C)OC(=O)N1CCCC1c1cccnc1N(C(=O)OC(C)(C)C)C1CCCC1. The number of pyridine rings is 1. The third-order valence-electron chi connectivity index (χ3n) is 5.56. The van der Waals surface area contributed by atoms with Gasteiger partial charge in [-0.15, -0.1) is 0 Å². The molecule has 1 aliphatic carbocycles. The Morgan fingerprint density at radius 3 is 2.26 bits per heavy atom. The van der Waals surface area contributed by atoms with Gasteiger partial charge in [0.1, 0.15) is 17.0 Å². The molecular formula is C24H37N3O4. The number of hydrogen-bond acceptors (Lipinski definition) is 5. The number of nitrogens with zero attached hydrogens (tertiary/aromatic N) is 3. The average Bonchev–Trinajstić information content (AvgIpc) is 3.31. The molecule has 0 spiro atoms. The molecule has 31 heavy (non-hydrogen) atoms. The van der Waals surface area contributed by atoms with E-state index in [-0.39, 0.29) is 24.3 Å². The Balaban J connectivity index is 1.96. The minimum Gasteiger partial charge on any atom is -0.444 e. The van der Waals surface area contributed by atoms with E-state index in [1.165, 1.54) is 0 Å². The molecule has 1 unspecified atom stereocenters. The average molecular weight is 432 g/mol. The first kappa shape index (κ1) is 23.4. The van der Waals surface area contributed by atoms with Gasteiger partial charge in [0.25, 0.3) is 0 Å². The van der Waals surface area contributed by atoms with Crippen LogP contribution >= 0.6 is 0 Å². The van der Waals surface area contributed by atoms with Crippen LogP contribution in [0.25, 0.3) is 0 Å². The number of amides is 2. The lowest BCUT2D eigenvalue weighted by Crippen LogP contribution is -2.44. The molecule has 2 aliphatic rings. The minimum atomic E-state index is -0.598. The van der Waals surface area contributed by atoms with E-state index >= 15 is 0 Å². The zero-order valence-electron chi connectivity index (χ0n) is 19.8. The molecule has 3 rings (SSSR count). The standard InChI is InChI=1S/C24H37N3O4/c1-23(2,3)30-21(28)26-16-10-14-19(26)18-13-9-15-25-20(18)27(17-11-7-8-12-17)22(29)31-24(4,5)6/h9,13,15,17,19H,7-8,10-12,14,16H2,1-6H3. The summed E-state index contributed by atoms with van der Waals surface area (Å²) >= 11 is 0. The van der Waals surface area contributed by atoms with Crippen molar-refractivity contribution in [2.45, 2.75) is 103 Å². The molecule has 0 bridgehead atoms. The molecule has 0 N–H and O–H groups in total. The number of anilines is 1. The molecule has 7 heteroatoms. The highest BCUT2D eigenvalue weighted by Gasteiger charge is 2.39. The zero-order valence-corrected chi connectivity index (χ0v) is 19.8. The van der Waals surface area contributed by atoms with Gasteiger partial charge in [-0.2, -0.15) is 0 Å². The predicted molar refractivity (Wildman–Crippen MR) is 120 cm³/mol. The predicted octanol–water partition coefficient (Wildman–Crippen LogP) is 5.84. The molecule has 1 aromatic rings. The Kier molecular flexibility index (Phi) is 6.82. The van der Waals surface area contributed by atoms with Gasteiger partial charge in [-0.3, -0.25) is 4.90 Å². The third kappa shape index (κ3) is 5.89. The van der Waals surface area contributed by atoms with E-state index in [4.69, 9.17) is 9.47 Å². The summed E-state index contributed by atoms with van der Waals surface area (Å²) in [5.41, 5.74) is -0.281. The van der Waals surface area contributed by atoms with E-state index in [2.05, 4.69) is 4.98 Å². The summed E-state index contributed by atoms with van der Waals surface area (Å²) in [6.07, 6.45) is 6.72. The van der Waals surface area contributed by atoms with Crippen molar-refractivity contribution in [3.8, 4) is 0 Å². The van der Waals surface area contributed by atoms with Crippen molar-refractivity contribution in [1.82, 2.24) is 9.88 Å². The van der Waals surface area contributed by atoms with E-state index < -0.39 is 11.2 Å². The van der Waals surface area contributed by atoms with Crippen molar-refractivity contribution in [1.29, 1.82) is 0 Å². The first-order valence-electron chi connectivity index (χ1n) is 11.4.